The highest BCUT2D eigenvalue weighted by Crippen LogP contribution is 1.82. The molecule has 0 aliphatic heterocycles. The van der Waals surface area contributed by atoms with Gasteiger partial charge in [-0.05, 0) is 12.5 Å². The third kappa shape index (κ3) is 8.75. The number of rotatable bonds is 4. The second-order valence-electron chi connectivity index (χ2n) is 1.89. The van der Waals surface area contributed by atoms with Crippen molar-refractivity contribution in [3.8, 4) is 0 Å². The highest BCUT2D eigenvalue weighted by Gasteiger charge is 1.85. The van der Waals surface area contributed by atoms with Gasteiger partial charge < -0.3 is 10.5 Å². The van der Waals surface area contributed by atoms with Gasteiger partial charge in [0.25, 0.3) is 0 Å². The van der Waals surface area contributed by atoms with Gasteiger partial charge in [-0.25, -0.2) is 4.79 Å². The maximum absolute atomic E-state index is 10.0. The van der Waals surface area contributed by atoms with Crippen molar-refractivity contribution in [1.82, 2.24) is 0 Å². The van der Waals surface area contributed by atoms with E-state index in [-0.39, 0.29) is 6.61 Å². The third-order valence-corrected chi connectivity index (χ3v) is 0.941. The molecule has 1 amide bonds. The minimum absolute atomic E-state index is 0.239. The number of nitrogens with two attached hydrogens (primary N) is 1. The molecule has 0 bridgehead atoms. The molecule has 2 N–H and O–H groups in total. The molecule has 0 unspecified atom stereocenters. The number of hydrogen-bond acceptors (Lipinski definition) is 2. The lowest BCUT2D eigenvalue weighted by Crippen LogP contribution is -2.12. The van der Waals surface area contributed by atoms with Gasteiger partial charge in [-0.1, -0.05) is 25.2 Å². The zero-order valence-electron chi connectivity index (χ0n) is 6.62. The molecule has 0 aromatic heterocycles. The van der Waals surface area contributed by atoms with Crippen molar-refractivity contribution in [2.24, 2.45) is 5.73 Å². The minimum atomic E-state index is -0.742. The standard InChI is InChI=1S/C8H13NO2/c1-2-3-4-5-6-7-11-8(9)10/h3-6H,2,7H2,1H3,(H2,9,10)/b4-3+,6-5+. The predicted octanol–water partition coefficient (Wildman–Crippen LogP) is 1.60. The number of carbonyl (C=O) groups excluding carboxylic acids is 1. The molecule has 0 aromatic carbocycles. The molecule has 0 heterocycles. The first-order chi connectivity index (χ1) is 5.27. The van der Waals surface area contributed by atoms with Crippen LogP contribution in [-0.4, -0.2) is 12.7 Å². The average Bonchev–Trinajstić information content (AvgIpc) is 1.96. The van der Waals surface area contributed by atoms with Gasteiger partial charge in [0, 0.05) is 0 Å². The van der Waals surface area contributed by atoms with E-state index in [0.29, 0.717) is 0 Å². The maximum Gasteiger partial charge on any atom is 0.404 e. The van der Waals surface area contributed by atoms with Crippen molar-refractivity contribution in [2.75, 3.05) is 6.61 Å². The highest BCUT2D eigenvalue weighted by molar-refractivity contribution is 5.64. The maximum atomic E-state index is 10.0. The van der Waals surface area contributed by atoms with Crippen LogP contribution in [0.15, 0.2) is 24.3 Å². The SMILES string of the molecule is CC/C=C/C=C/COC(N)=O. The molecule has 3 nitrogen and oxygen atoms in total. The van der Waals surface area contributed by atoms with Gasteiger partial charge in [0.2, 0.25) is 0 Å². The first-order valence-corrected chi connectivity index (χ1v) is 3.51. The Hall–Kier alpha value is -1.25. The fourth-order valence-electron chi connectivity index (χ4n) is 0.479. The second-order valence-corrected chi connectivity index (χ2v) is 1.89. The van der Waals surface area contributed by atoms with Crippen LogP contribution in [0.5, 0.6) is 0 Å². The van der Waals surface area contributed by atoms with E-state index in [9.17, 15) is 4.79 Å². The molecular formula is C8H13NO2. The number of carbonyl (C=O) groups is 1. The average molecular weight is 155 g/mol. The van der Waals surface area contributed by atoms with Crippen molar-refractivity contribution >= 4 is 6.09 Å². The van der Waals surface area contributed by atoms with Gasteiger partial charge in [0.05, 0.1) is 0 Å². The van der Waals surface area contributed by atoms with E-state index in [2.05, 4.69) is 4.74 Å². The third-order valence-electron chi connectivity index (χ3n) is 0.941. The summed E-state index contributed by atoms with van der Waals surface area (Å²) in [5.41, 5.74) is 4.72. The van der Waals surface area contributed by atoms with Crippen LogP contribution >= 0.6 is 0 Å². The lowest BCUT2D eigenvalue weighted by molar-refractivity contribution is 0.169. The van der Waals surface area contributed by atoms with Crippen LogP contribution in [0, 0.1) is 0 Å². The first-order valence-electron chi connectivity index (χ1n) is 3.51. The van der Waals surface area contributed by atoms with Crippen LogP contribution in [0.25, 0.3) is 0 Å². The largest absolute Gasteiger partial charge is 0.445 e. The molecule has 0 aliphatic carbocycles. The Morgan fingerprint density at radius 3 is 2.64 bits per heavy atom. The van der Waals surface area contributed by atoms with E-state index < -0.39 is 6.09 Å². The molecule has 0 atom stereocenters. The normalized spacial score (nSPS) is 11.0. The van der Waals surface area contributed by atoms with Gasteiger partial charge in [0.15, 0.2) is 0 Å². The summed E-state index contributed by atoms with van der Waals surface area (Å²) in [6.45, 7) is 2.29. The Kier molecular flexibility index (Phi) is 6.08. The highest BCUT2D eigenvalue weighted by atomic mass is 16.5. The Labute approximate surface area is 66.5 Å². The lowest BCUT2D eigenvalue weighted by Gasteiger charge is -1.92. The monoisotopic (exact) mass is 155 g/mol. The quantitative estimate of drug-likeness (QED) is 0.627. The van der Waals surface area contributed by atoms with E-state index >= 15 is 0 Å². The number of primary amides is 1. The summed E-state index contributed by atoms with van der Waals surface area (Å²) in [4.78, 5) is 10.0. The first kappa shape index (κ1) is 9.75. The number of allylic oxidation sites excluding steroid dienone is 3. The van der Waals surface area contributed by atoms with Crippen molar-refractivity contribution in [2.45, 2.75) is 13.3 Å². The van der Waals surface area contributed by atoms with Crippen LogP contribution in [-0.2, 0) is 4.74 Å². The fourth-order valence-corrected chi connectivity index (χ4v) is 0.479. The zero-order chi connectivity index (χ0) is 8.53. The van der Waals surface area contributed by atoms with E-state index in [1.54, 1.807) is 6.08 Å². The lowest BCUT2D eigenvalue weighted by atomic mass is 10.4. The van der Waals surface area contributed by atoms with Crippen molar-refractivity contribution in [3.63, 3.8) is 0 Å². The van der Waals surface area contributed by atoms with Crippen LogP contribution in [0.2, 0.25) is 0 Å². The second kappa shape index (κ2) is 6.86. The van der Waals surface area contributed by atoms with Crippen LogP contribution < -0.4 is 5.73 Å². The van der Waals surface area contributed by atoms with E-state index in [1.165, 1.54) is 0 Å². The van der Waals surface area contributed by atoms with Gasteiger partial charge in [-0.3, -0.25) is 0 Å². The summed E-state index contributed by atoms with van der Waals surface area (Å²) in [6.07, 6.45) is 7.68. The Bertz CT molecular complexity index is 161. The van der Waals surface area contributed by atoms with Crippen LogP contribution in [0.1, 0.15) is 13.3 Å². The molecule has 11 heavy (non-hydrogen) atoms. The smallest absolute Gasteiger partial charge is 0.404 e. The summed E-state index contributed by atoms with van der Waals surface area (Å²) in [5.74, 6) is 0. The molecule has 0 saturated heterocycles. The van der Waals surface area contributed by atoms with Gasteiger partial charge in [0.1, 0.15) is 6.61 Å². The summed E-state index contributed by atoms with van der Waals surface area (Å²) in [7, 11) is 0. The molecular weight excluding hydrogens is 142 g/mol. The molecule has 62 valence electrons. The molecule has 0 spiro atoms. The van der Waals surface area contributed by atoms with E-state index in [4.69, 9.17) is 5.73 Å². The molecule has 3 heteroatoms. The Morgan fingerprint density at radius 1 is 1.45 bits per heavy atom. The number of hydrogen-bond donors (Lipinski definition) is 1. The van der Waals surface area contributed by atoms with Crippen LogP contribution in [0.3, 0.4) is 0 Å². The molecule has 0 aliphatic rings. The molecule has 0 radical (unpaired) electrons. The Morgan fingerprint density at radius 2 is 2.09 bits per heavy atom. The van der Waals surface area contributed by atoms with Gasteiger partial charge in [-0.15, -0.1) is 0 Å². The van der Waals surface area contributed by atoms with E-state index in [0.717, 1.165) is 6.42 Å². The van der Waals surface area contributed by atoms with E-state index in [1.807, 2.05) is 25.2 Å². The summed E-state index contributed by atoms with van der Waals surface area (Å²) in [6, 6.07) is 0. The molecule has 0 fully saturated rings. The zero-order valence-corrected chi connectivity index (χ0v) is 6.62. The summed E-state index contributed by atoms with van der Waals surface area (Å²) < 4.78 is 4.44. The summed E-state index contributed by atoms with van der Waals surface area (Å²) in [5, 5.41) is 0. The van der Waals surface area contributed by atoms with Crippen molar-refractivity contribution < 1.29 is 9.53 Å². The molecule has 0 aromatic rings. The van der Waals surface area contributed by atoms with Crippen LogP contribution in [0.4, 0.5) is 4.79 Å². The fraction of sp³-hybridized carbons (Fsp3) is 0.375. The Balaban J connectivity index is 3.30. The summed E-state index contributed by atoms with van der Waals surface area (Å²) >= 11 is 0. The number of ether oxygens (including phenoxy) is 1. The van der Waals surface area contributed by atoms with Gasteiger partial charge in [-0.2, -0.15) is 0 Å². The van der Waals surface area contributed by atoms with Gasteiger partial charge >= 0.3 is 6.09 Å². The van der Waals surface area contributed by atoms with Crippen molar-refractivity contribution in [1.29, 1.82) is 0 Å². The predicted molar refractivity (Wildman–Crippen MR) is 44.1 cm³/mol. The molecule has 0 saturated carbocycles. The molecule has 0 rings (SSSR count). The minimum Gasteiger partial charge on any atom is -0.445 e. The topological polar surface area (TPSA) is 52.3 Å². The van der Waals surface area contributed by atoms with Crippen molar-refractivity contribution in [3.05, 3.63) is 24.3 Å². The number of amides is 1.